The van der Waals surface area contributed by atoms with Crippen molar-refractivity contribution in [2.45, 2.75) is 43.9 Å². The van der Waals surface area contributed by atoms with Gasteiger partial charge < -0.3 is 14.0 Å². The molecule has 144 valence electrons. The number of ether oxygens (including phenoxy) is 1. The summed E-state index contributed by atoms with van der Waals surface area (Å²) >= 11 is 0. The smallest absolute Gasteiger partial charge is 0.480 e. The summed E-state index contributed by atoms with van der Waals surface area (Å²) in [6.45, 7) is 7.76. The van der Waals surface area contributed by atoms with Gasteiger partial charge in [-0.1, -0.05) is 6.07 Å². The molecule has 1 aliphatic rings. The van der Waals surface area contributed by atoms with Crippen LogP contribution in [0.25, 0.3) is 0 Å². The van der Waals surface area contributed by atoms with Crippen LogP contribution in [0.4, 0.5) is 5.69 Å². The molecule has 1 saturated heterocycles. The van der Waals surface area contributed by atoms with E-state index in [-0.39, 0.29) is 16.6 Å². The first-order valence-electron chi connectivity index (χ1n) is 8.39. The van der Waals surface area contributed by atoms with Gasteiger partial charge in [0.2, 0.25) is 5.88 Å². The van der Waals surface area contributed by atoms with Crippen LogP contribution in [0.1, 0.15) is 27.7 Å². The molecule has 3 rings (SSSR count). The summed E-state index contributed by atoms with van der Waals surface area (Å²) in [7, 11) is -3.16. The third-order valence-corrected chi connectivity index (χ3v) is 6.03. The second-order valence-corrected chi connectivity index (χ2v) is 8.82. The zero-order valence-electron chi connectivity index (χ0n) is 15.9. The fourth-order valence-corrected chi connectivity index (χ4v) is 3.51. The Labute approximate surface area is 159 Å². The van der Waals surface area contributed by atoms with Gasteiger partial charge >= 0.3 is 7.12 Å². The Morgan fingerprint density at radius 1 is 1.11 bits per heavy atom. The molecule has 2 aromatic heterocycles. The first kappa shape index (κ1) is 19.6. The molecule has 0 bridgehead atoms. The van der Waals surface area contributed by atoms with E-state index in [1.807, 2.05) is 27.7 Å². The van der Waals surface area contributed by atoms with Gasteiger partial charge in [0, 0.05) is 17.9 Å². The number of anilines is 1. The maximum absolute atomic E-state index is 12.6. The molecule has 2 aromatic rings. The van der Waals surface area contributed by atoms with E-state index < -0.39 is 28.3 Å². The van der Waals surface area contributed by atoms with Crippen LogP contribution in [-0.2, 0) is 19.3 Å². The van der Waals surface area contributed by atoms with Crippen LogP contribution in [0.5, 0.6) is 5.88 Å². The fourth-order valence-electron chi connectivity index (χ4n) is 2.52. The largest absolute Gasteiger partial charge is 0.496 e. The van der Waals surface area contributed by atoms with Gasteiger partial charge in [-0.25, -0.2) is 9.97 Å². The number of nitrogens with one attached hydrogen (secondary N) is 1. The average Bonchev–Trinajstić information content (AvgIpc) is 2.83. The van der Waals surface area contributed by atoms with Gasteiger partial charge in [0.05, 0.1) is 18.3 Å². The zero-order chi connectivity index (χ0) is 19.9. The second-order valence-electron chi connectivity index (χ2n) is 7.19. The third-order valence-electron chi connectivity index (χ3n) is 4.75. The van der Waals surface area contributed by atoms with Crippen LogP contribution in [0.2, 0.25) is 0 Å². The lowest BCUT2D eigenvalue weighted by atomic mass is 9.80. The molecule has 1 aliphatic heterocycles. The van der Waals surface area contributed by atoms with Crippen molar-refractivity contribution < 1.29 is 22.5 Å². The topological polar surface area (TPSA) is 99.6 Å². The lowest BCUT2D eigenvalue weighted by Crippen LogP contribution is -2.41. The third kappa shape index (κ3) is 3.78. The van der Waals surface area contributed by atoms with E-state index in [1.165, 1.54) is 19.4 Å². The summed E-state index contributed by atoms with van der Waals surface area (Å²) in [5.41, 5.74) is -0.292. The van der Waals surface area contributed by atoms with Gasteiger partial charge in [0.15, 0.2) is 5.03 Å². The Kier molecular flexibility index (Phi) is 4.92. The lowest BCUT2D eigenvalue weighted by Gasteiger charge is -2.32. The van der Waals surface area contributed by atoms with Crippen LogP contribution in [0.3, 0.4) is 0 Å². The van der Waals surface area contributed by atoms with Crippen molar-refractivity contribution in [1.82, 2.24) is 9.97 Å². The van der Waals surface area contributed by atoms with Crippen LogP contribution < -0.4 is 14.9 Å². The van der Waals surface area contributed by atoms with Gasteiger partial charge in [0.1, 0.15) is 5.69 Å². The van der Waals surface area contributed by atoms with Crippen molar-refractivity contribution >= 4 is 28.3 Å². The van der Waals surface area contributed by atoms with Crippen molar-refractivity contribution in [3.05, 3.63) is 36.7 Å². The first-order valence-corrected chi connectivity index (χ1v) is 9.87. The van der Waals surface area contributed by atoms with E-state index in [4.69, 9.17) is 14.0 Å². The van der Waals surface area contributed by atoms with E-state index in [0.29, 0.717) is 5.46 Å². The molecule has 0 saturated carbocycles. The quantitative estimate of drug-likeness (QED) is 0.773. The minimum atomic E-state index is -3.89. The minimum absolute atomic E-state index is 0.104. The van der Waals surface area contributed by atoms with E-state index in [9.17, 15) is 8.42 Å². The van der Waals surface area contributed by atoms with Gasteiger partial charge in [0.25, 0.3) is 10.0 Å². The van der Waals surface area contributed by atoms with Crippen LogP contribution in [0.15, 0.2) is 41.7 Å². The van der Waals surface area contributed by atoms with Gasteiger partial charge in [-0.2, -0.15) is 8.42 Å². The number of aromatic nitrogens is 2. The number of pyridine rings is 2. The highest BCUT2D eigenvalue weighted by atomic mass is 32.2. The molecule has 1 N–H and O–H groups in total. The second kappa shape index (κ2) is 6.77. The molecule has 0 atom stereocenters. The highest BCUT2D eigenvalue weighted by molar-refractivity contribution is 7.92. The summed E-state index contributed by atoms with van der Waals surface area (Å²) in [5.74, 6) is 0.134. The number of sulfonamides is 1. The standard InChI is InChI=1S/C17H22BN3O5S/c1-16(2)17(3,4)26-18(25-16)12-10-13(15(24-5)20-11-12)21-27(22,23)14-8-6-7-9-19-14/h6-11,21H,1-5H3. The van der Waals surface area contributed by atoms with E-state index in [1.54, 1.807) is 24.4 Å². The molecule has 10 heteroatoms. The highest BCUT2D eigenvalue weighted by Gasteiger charge is 2.52. The summed E-state index contributed by atoms with van der Waals surface area (Å²) in [4.78, 5) is 8.06. The van der Waals surface area contributed by atoms with Gasteiger partial charge in [-0.05, 0) is 45.9 Å². The number of nitrogens with zero attached hydrogens (tertiary/aromatic N) is 2. The van der Waals surface area contributed by atoms with Crippen LogP contribution >= 0.6 is 0 Å². The fraction of sp³-hybridized carbons (Fsp3) is 0.412. The number of rotatable bonds is 5. The number of methoxy groups -OCH3 is 1. The van der Waals surface area contributed by atoms with Crippen LogP contribution in [-0.4, -0.2) is 43.8 Å². The molecule has 0 unspecified atom stereocenters. The molecule has 0 aromatic carbocycles. The van der Waals surface area contributed by atoms with Crippen molar-refractivity contribution in [3.63, 3.8) is 0 Å². The molecular weight excluding hydrogens is 369 g/mol. The summed E-state index contributed by atoms with van der Waals surface area (Å²) in [5, 5.41) is -0.104. The predicted octanol–water partition coefficient (Wildman–Crippen LogP) is 1.59. The monoisotopic (exact) mass is 391 g/mol. The van der Waals surface area contributed by atoms with Gasteiger partial charge in [-0.3, -0.25) is 4.72 Å². The average molecular weight is 391 g/mol. The van der Waals surface area contributed by atoms with Gasteiger partial charge in [-0.15, -0.1) is 0 Å². The summed E-state index contributed by atoms with van der Waals surface area (Å²) < 4.78 is 44.8. The van der Waals surface area contributed by atoms with Crippen molar-refractivity contribution in [2.75, 3.05) is 11.8 Å². The number of hydrogen-bond acceptors (Lipinski definition) is 7. The first-order chi connectivity index (χ1) is 12.6. The molecule has 1 fully saturated rings. The molecule has 0 amide bonds. The Morgan fingerprint density at radius 3 is 2.33 bits per heavy atom. The van der Waals surface area contributed by atoms with E-state index in [2.05, 4.69) is 14.7 Å². The highest BCUT2D eigenvalue weighted by Crippen LogP contribution is 2.36. The van der Waals surface area contributed by atoms with Crippen LogP contribution in [0, 0.1) is 0 Å². The van der Waals surface area contributed by atoms with Crippen molar-refractivity contribution in [3.8, 4) is 5.88 Å². The molecule has 0 aliphatic carbocycles. The number of hydrogen-bond donors (Lipinski definition) is 1. The van der Waals surface area contributed by atoms with Crippen molar-refractivity contribution in [2.24, 2.45) is 0 Å². The zero-order valence-corrected chi connectivity index (χ0v) is 16.7. The Bertz CT molecular complexity index is 919. The lowest BCUT2D eigenvalue weighted by molar-refractivity contribution is 0.00578. The Balaban J connectivity index is 1.94. The molecular formula is C17H22BN3O5S. The normalized spacial score (nSPS) is 18.3. The molecule has 8 nitrogen and oxygen atoms in total. The summed E-state index contributed by atoms with van der Waals surface area (Å²) in [6.07, 6.45) is 2.95. The molecule has 0 radical (unpaired) electrons. The molecule has 27 heavy (non-hydrogen) atoms. The Morgan fingerprint density at radius 2 is 1.78 bits per heavy atom. The van der Waals surface area contributed by atoms with E-state index >= 15 is 0 Å². The molecule has 3 heterocycles. The maximum Gasteiger partial charge on any atom is 0.496 e. The van der Waals surface area contributed by atoms with Crippen molar-refractivity contribution in [1.29, 1.82) is 0 Å². The van der Waals surface area contributed by atoms with E-state index in [0.717, 1.165) is 0 Å². The summed E-state index contributed by atoms with van der Waals surface area (Å²) in [6, 6.07) is 6.23. The Hall–Kier alpha value is -2.17. The molecule has 0 spiro atoms. The minimum Gasteiger partial charge on any atom is -0.480 e. The maximum atomic E-state index is 12.6. The SMILES string of the molecule is COc1ncc(B2OC(C)(C)C(C)(C)O2)cc1NS(=O)(=O)c1ccccn1. The predicted molar refractivity (Wildman–Crippen MR) is 102 cm³/mol.